The van der Waals surface area contributed by atoms with Gasteiger partial charge in [0.1, 0.15) is 6.54 Å². The van der Waals surface area contributed by atoms with Gasteiger partial charge in [-0.1, -0.05) is 12.1 Å². The first-order valence-electron chi connectivity index (χ1n) is 7.54. The average molecular weight is 379 g/mol. The molecule has 1 aromatic carbocycles. The number of hydrogen-bond donors (Lipinski definition) is 3. The summed E-state index contributed by atoms with van der Waals surface area (Å²) in [5, 5.41) is 15.2. The van der Waals surface area contributed by atoms with Crippen LogP contribution in [0.2, 0.25) is 0 Å². The van der Waals surface area contributed by atoms with Crippen molar-refractivity contribution in [1.29, 1.82) is 0 Å². The van der Waals surface area contributed by atoms with Crippen molar-refractivity contribution in [2.75, 3.05) is 19.6 Å². The van der Waals surface area contributed by atoms with E-state index >= 15 is 0 Å². The largest absolute Gasteiger partial charge is 0.449 e. The Labute approximate surface area is 147 Å². The van der Waals surface area contributed by atoms with Gasteiger partial charge in [0.05, 0.1) is 17.1 Å². The van der Waals surface area contributed by atoms with E-state index in [1.165, 1.54) is 12.1 Å². The number of carbonyl (C=O) groups excluding carboxylic acids is 1. The van der Waals surface area contributed by atoms with Crippen molar-refractivity contribution < 1.29 is 23.1 Å². The van der Waals surface area contributed by atoms with Gasteiger partial charge in [0.25, 0.3) is 0 Å². The Morgan fingerprint density at radius 2 is 2.08 bits per heavy atom. The van der Waals surface area contributed by atoms with Crippen molar-refractivity contribution in [3.05, 3.63) is 30.1 Å². The summed E-state index contributed by atoms with van der Waals surface area (Å²) in [6, 6.07) is 6.16. The van der Waals surface area contributed by atoms with Crippen LogP contribution in [0.4, 0.5) is 13.2 Å². The summed E-state index contributed by atoms with van der Waals surface area (Å²) in [4.78, 5) is 15.7. The number of fused-ring (bicyclic) bond motifs is 1. The minimum atomic E-state index is -4.65. The number of benzene rings is 1. The van der Waals surface area contributed by atoms with Crippen molar-refractivity contribution in [2.24, 2.45) is 5.92 Å². The van der Waals surface area contributed by atoms with E-state index in [0.29, 0.717) is 13.1 Å². The Bertz CT molecular complexity index is 750. The van der Waals surface area contributed by atoms with E-state index in [4.69, 9.17) is 0 Å². The number of aromatic nitrogens is 2. The number of aliphatic hydroxyl groups is 1. The number of hydrogen-bond acceptors (Lipinski definition) is 4. The smallest absolute Gasteiger partial charge is 0.391 e. The number of rotatable bonds is 4. The predicted octanol–water partition coefficient (Wildman–Crippen LogP) is 1.17. The van der Waals surface area contributed by atoms with Crippen LogP contribution in [0, 0.1) is 5.92 Å². The number of nitrogens with zero attached hydrogens (tertiary/aromatic N) is 2. The molecule has 1 saturated heterocycles. The van der Waals surface area contributed by atoms with Crippen LogP contribution in [0.3, 0.4) is 0 Å². The van der Waals surface area contributed by atoms with Gasteiger partial charge in [0.2, 0.25) is 11.7 Å². The first-order chi connectivity index (χ1) is 11.4. The molecule has 25 heavy (non-hydrogen) atoms. The van der Waals surface area contributed by atoms with Gasteiger partial charge in [-0.25, -0.2) is 4.98 Å². The maximum absolute atomic E-state index is 13.2. The molecule has 2 unspecified atom stereocenters. The number of aliphatic hydroxyl groups excluding tert-OH is 1. The van der Waals surface area contributed by atoms with Crippen LogP contribution in [0.15, 0.2) is 24.3 Å². The van der Waals surface area contributed by atoms with Gasteiger partial charge in [0.15, 0.2) is 0 Å². The van der Waals surface area contributed by atoms with E-state index in [2.05, 4.69) is 15.6 Å². The number of halogens is 4. The van der Waals surface area contributed by atoms with E-state index < -0.39 is 30.6 Å². The zero-order valence-electron chi connectivity index (χ0n) is 13.1. The van der Waals surface area contributed by atoms with Crippen LogP contribution >= 0.6 is 12.4 Å². The minimum Gasteiger partial charge on any atom is -0.391 e. The van der Waals surface area contributed by atoms with Crippen LogP contribution in [0.5, 0.6) is 0 Å². The van der Waals surface area contributed by atoms with E-state index in [1.54, 1.807) is 12.1 Å². The van der Waals surface area contributed by atoms with Crippen LogP contribution in [-0.4, -0.2) is 46.3 Å². The molecule has 1 fully saturated rings. The zero-order chi connectivity index (χ0) is 17.3. The second-order valence-corrected chi connectivity index (χ2v) is 5.80. The number of nitrogens with one attached hydrogen (secondary N) is 2. The number of alkyl halides is 3. The molecular weight excluding hydrogens is 361 g/mol. The molecule has 1 aliphatic rings. The van der Waals surface area contributed by atoms with Crippen molar-refractivity contribution >= 4 is 29.3 Å². The molecule has 2 atom stereocenters. The molecule has 2 aromatic rings. The quantitative estimate of drug-likeness (QED) is 0.746. The lowest BCUT2D eigenvalue weighted by Crippen LogP contribution is -2.36. The summed E-state index contributed by atoms with van der Waals surface area (Å²) in [5.41, 5.74) is 0.440. The van der Waals surface area contributed by atoms with Gasteiger partial charge in [-0.15, -0.1) is 12.4 Å². The highest BCUT2D eigenvalue weighted by molar-refractivity contribution is 5.85. The Kier molecular flexibility index (Phi) is 5.91. The minimum absolute atomic E-state index is 0. The summed E-state index contributed by atoms with van der Waals surface area (Å²) in [6.45, 7) is 0.737. The van der Waals surface area contributed by atoms with E-state index in [1.807, 2.05) is 0 Å². The fraction of sp³-hybridized carbons (Fsp3) is 0.467. The Hall–Kier alpha value is -1.84. The maximum atomic E-state index is 13.2. The van der Waals surface area contributed by atoms with Gasteiger partial charge in [-0.2, -0.15) is 13.2 Å². The Morgan fingerprint density at radius 1 is 1.36 bits per heavy atom. The molecule has 1 amide bonds. The molecule has 3 N–H and O–H groups in total. The molecule has 3 rings (SSSR count). The van der Waals surface area contributed by atoms with Crippen molar-refractivity contribution in [3.63, 3.8) is 0 Å². The van der Waals surface area contributed by atoms with Crippen molar-refractivity contribution in [2.45, 2.75) is 18.8 Å². The second-order valence-electron chi connectivity index (χ2n) is 5.80. The molecule has 0 spiro atoms. The number of para-hydroxylation sites is 2. The summed E-state index contributed by atoms with van der Waals surface area (Å²) >= 11 is 0. The summed E-state index contributed by atoms with van der Waals surface area (Å²) in [5.74, 6) is -1.79. The average Bonchev–Trinajstić information content (AvgIpc) is 3.09. The Balaban J connectivity index is 0.00000225. The molecule has 0 bridgehead atoms. The Morgan fingerprint density at radius 3 is 2.72 bits per heavy atom. The molecule has 1 aromatic heterocycles. The highest BCUT2D eigenvalue weighted by Crippen LogP contribution is 2.31. The first-order valence-corrected chi connectivity index (χ1v) is 7.54. The molecular formula is C15H18ClF3N4O2. The fourth-order valence-corrected chi connectivity index (χ4v) is 2.82. The molecule has 0 aliphatic carbocycles. The molecule has 0 radical (unpaired) electrons. The molecule has 138 valence electrons. The van der Waals surface area contributed by atoms with Gasteiger partial charge in [0, 0.05) is 25.6 Å². The third kappa shape index (κ3) is 4.23. The number of imidazole rings is 1. The van der Waals surface area contributed by atoms with Crippen molar-refractivity contribution in [3.8, 4) is 0 Å². The lowest BCUT2D eigenvalue weighted by Gasteiger charge is -2.15. The monoisotopic (exact) mass is 378 g/mol. The van der Waals surface area contributed by atoms with Crippen LogP contribution in [-0.2, 0) is 17.5 Å². The third-order valence-corrected chi connectivity index (χ3v) is 4.08. The number of β-amino-alcohol motifs (C(OH)–C–C–N with tert-alkyl or cyclic N) is 1. The highest BCUT2D eigenvalue weighted by atomic mass is 35.5. The summed E-state index contributed by atoms with van der Waals surface area (Å²) < 4.78 is 40.4. The zero-order valence-corrected chi connectivity index (χ0v) is 13.9. The van der Waals surface area contributed by atoms with Gasteiger partial charge in [-0.05, 0) is 12.1 Å². The van der Waals surface area contributed by atoms with Crippen LogP contribution in [0.25, 0.3) is 11.0 Å². The molecule has 2 heterocycles. The van der Waals surface area contributed by atoms with Crippen molar-refractivity contribution in [1.82, 2.24) is 20.2 Å². The molecule has 0 saturated carbocycles. The van der Waals surface area contributed by atoms with Crippen LogP contribution < -0.4 is 10.6 Å². The topological polar surface area (TPSA) is 79.2 Å². The lowest BCUT2D eigenvalue weighted by molar-refractivity contribution is -0.147. The van der Waals surface area contributed by atoms with Gasteiger partial charge < -0.3 is 20.3 Å². The van der Waals surface area contributed by atoms with Gasteiger partial charge in [-0.3, -0.25) is 4.79 Å². The molecule has 6 nitrogen and oxygen atoms in total. The SMILES string of the molecule is Cl.O=C(Cn1c(C(F)(F)F)nc2ccccc21)NCC1CNCC1O. The first kappa shape index (κ1) is 19.5. The number of carbonyl (C=O) groups is 1. The second kappa shape index (κ2) is 7.59. The highest BCUT2D eigenvalue weighted by Gasteiger charge is 2.38. The standard InChI is InChI=1S/C15H17F3N4O2.ClH/c16-15(17,18)14-21-10-3-1-2-4-11(10)22(14)8-13(24)20-6-9-5-19-7-12(9)23;/h1-4,9,12,19,23H,5-8H2,(H,20,24);1H. The van der Waals surface area contributed by atoms with E-state index in [-0.39, 0.29) is 35.9 Å². The van der Waals surface area contributed by atoms with Crippen LogP contribution in [0.1, 0.15) is 5.82 Å². The summed E-state index contributed by atoms with van der Waals surface area (Å²) in [7, 11) is 0. The fourth-order valence-electron chi connectivity index (χ4n) is 2.82. The molecule has 1 aliphatic heterocycles. The number of amides is 1. The predicted molar refractivity (Wildman–Crippen MR) is 87.4 cm³/mol. The lowest BCUT2D eigenvalue weighted by atomic mass is 10.1. The van der Waals surface area contributed by atoms with E-state index in [9.17, 15) is 23.1 Å². The normalized spacial score (nSPS) is 20.5. The molecule has 10 heteroatoms. The third-order valence-electron chi connectivity index (χ3n) is 4.08. The van der Waals surface area contributed by atoms with E-state index in [0.717, 1.165) is 4.57 Å². The summed E-state index contributed by atoms with van der Waals surface area (Å²) in [6.07, 6.45) is -5.21. The maximum Gasteiger partial charge on any atom is 0.449 e. The van der Waals surface area contributed by atoms with Gasteiger partial charge >= 0.3 is 6.18 Å².